The number of nitrogens with one attached hydrogen (secondary N) is 3. The molecule has 0 unspecified atom stereocenters. The van der Waals surface area contributed by atoms with E-state index in [1.54, 1.807) is 60.7 Å². The highest BCUT2D eigenvalue weighted by Gasteiger charge is 2.16. The van der Waals surface area contributed by atoms with E-state index < -0.39 is 6.03 Å². The van der Waals surface area contributed by atoms with Crippen LogP contribution < -0.4 is 25.4 Å². The fourth-order valence-corrected chi connectivity index (χ4v) is 3.19. The molecular formula is C22H19BrClN3O4. The van der Waals surface area contributed by atoms with Crippen LogP contribution in [0.3, 0.4) is 0 Å². The minimum absolute atomic E-state index is 0.313. The van der Waals surface area contributed by atoms with Crippen LogP contribution in [0.5, 0.6) is 11.5 Å². The van der Waals surface area contributed by atoms with Gasteiger partial charge < -0.3 is 25.4 Å². The summed E-state index contributed by atoms with van der Waals surface area (Å²) in [6, 6.07) is 16.4. The second kappa shape index (κ2) is 10.2. The highest BCUT2D eigenvalue weighted by molar-refractivity contribution is 9.10. The number of methoxy groups -OCH3 is 2. The third-order valence-electron chi connectivity index (χ3n) is 4.21. The molecule has 9 heteroatoms. The molecule has 0 fully saturated rings. The monoisotopic (exact) mass is 503 g/mol. The van der Waals surface area contributed by atoms with Gasteiger partial charge in [0.25, 0.3) is 5.91 Å². The first kappa shape index (κ1) is 22.5. The lowest BCUT2D eigenvalue weighted by molar-refractivity contribution is 0.102. The molecule has 3 N–H and O–H groups in total. The molecule has 0 spiro atoms. The number of anilines is 3. The predicted molar refractivity (Wildman–Crippen MR) is 126 cm³/mol. The highest BCUT2D eigenvalue weighted by Crippen LogP contribution is 2.36. The molecule has 3 rings (SSSR count). The fourth-order valence-electron chi connectivity index (χ4n) is 2.74. The van der Waals surface area contributed by atoms with Crippen molar-refractivity contribution in [1.82, 2.24) is 0 Å². The molecule has 3 aromatic rings. The number of benzene rings is 3. The summed E-state index contributed by atoms with van der Waals surface area (Å²) in [5.74, 6) is 0.379. The zero-order chi connectivity index (χ0) is 22.4. The van der Waals surface area contributed by atoms with Crippen molar-refractivity contribution in [3.05, 3.63) is 75.7 Å². The molecule has 160 valence electrons. The quantitative estimate of drug-likeness (QED) is 0.383. The van der Waals surface area contributed by atoms with Gasteiger partial charge in [0.15, 0.2) is 0 Å². The largest absolute Gasteiger partial charge is 0.494 e. The van der Waals surface area contributed by atoms with Crippen molar-refractivity contribution in [3.63, 3.8) is 0 Å². The maximum absolute atomic E-state index is 12.6. The van der Waals surface area contributed by atoms with E-state index in [0.717, 1.165) is 4.47 Å². The van der Waals surface area contributed by atoms with Crippen LogP contribution in [0.1, 0.15) is 10.4 Å². The molecule has 0 aliphatic rings. The van der Waals surface area contributed by atoms with Crippen LogP contribution in [0.4, 0.5) is 21.9 Å². The lowest BCUT2D eigenvalue weighted by Gasteiger charge is -2.16. The molecule has 31 heavy (non-hydrogen) atoms. The molecule has 3 amide bonds. The number of urea groups is 1. The Labute approximate surface area is 192 Å². The molecular weight excluding hydrogens is 486 g/mol. The van der Waals surface area contributed by atoms with Crippen LogP contribution >= 0.6 is 27.5 Å². The number of halogens is 2. The molecule has 0 bridgehead atoms. The first-order valence-electron chi connectivity index (χ1n) is 9.06. The predicted octanol–water partition coefficient (Wildman–Crippen LogP) is 6.02. The lowest BCUT2D eigenvalue weighted by atomic mass is 10.2. The van der Waals surface area contributed by atoms with Gasteiger partial charge in [-0.1, -0.05) is 33.6 Å². The zero-order valence-electron chi connectivity index (χ0n) is 16.7. The normalized spacial score (nSPS) is 10.2. The van der Waals surface area contributed by atoms with E-state index in [2.05, 4.69) is 31.9 Å². The topological polar surface area (TPSA) is 88.7 Å². The average Bonchev–Trinajstić information content (AvgIpc) is 2.74. The van der Waals surface area contributed by atoms with E-state index in [1.807, 2.05) is 0 Å². The van der Waals surface area contributed by atoms with Gasteiger partial charge in [-0.05, 0) is 42.5 Å². The Morgan fingerprint density at radius 3 is 2.03 bits per heavy atom. The highest BCUT2D eigenvalue weighted by atomic mass is 79.9. The Morgan fingerprint density at radius 1 is 0.839 bits per heavy atom. The van der Waals surface area contributed by atoms with Crippen LogP contribution in [0.2, 0.25) is 5.02 Å². The second-order valence-electron chi connectivity index (χ2n) is 6.30. The van der Waals surface area contributed by atoms with Crippen LogP contribution in [-0.2, 0) is 0 Å². The van der Waals surface area contributed by atoms with E-state index in [1.165, 1.54) is 14.2 Å². The van der Waals surface area contributed by atoms with Gasteiger partial charge in [0.05, 0.1) is 25.6 Å². The molecule has 0 atom stereocenters. The van der Waals surface area contributed by atoms with Crippen LogP contribution in [-0.4, -0.2) is 26.2 Å². The number of carbonyl (C=O) groups excluding carboxylic acids is 2. The van der Waals surface area contributed by atoms with E-state index in [0.29, 0.717) is 39.1 Å². The van der Waals surface area contributed by atoms with Gasteiger partial charge >= 0.3 is 6.03 Å². The van der Waals surface area contributed by atoms with E-state index >= 15 is 0 Å². The number of ether oxygens (including phenoxy) is 2. The van der Waals surface area contributed by atoms with Gasteiger partial charge in [-0.15, -0.1) is 0 Å². The Morgan fingerprint density at radius 2 is 1.45 bits per heavy atom. The van der Waals surface area contributed by atoms with Gasteiger partial charge in [-0.3, -0.25) is 4.79 Å². The number of carbonyl (C=O) groups is 2. The second-order valence-corrected chi connectivity index (χ2v) is 7.66. The number of rotatable bonds is 6. The fraction of sp³-hybridized carbons (Fsp3) is 0.0909. The standard InChI is InChI=1S/C22H19BrClN3O4/c1-30-19-12-18(27-22(29)25-16-5-3-4-15(24)10-16)20(31-2)11-17(19)26-21(28)13-6-8-14(23)9-7-13/h3-12H,1-2H3,(H,26,28)(H2,25,27,29). The third kappa shape index (κ3) is 5.90. The van der Waals surface area contributed by atoms with Crippen molar-refractivity contribution in [2.75, 3.05) is 30.2 Å². The van der Waals surface area contributed by atoms with Crippen LogP contribution in [0, 0.1) is 0 Å². The van der Waals surface area contributed by atoms with Crippen LogP contribution in [0.15, 0.2) is 65.1 Å². The van der Waals surface area contributed by atoms with E-state index in [4.69, 9.17) is 21.1 Å². The van der Waals surface area contributed by atoms with Gasteiger partial charge in [0, 0.05) is 32.9 Å². The minimum atomic E-state index is -0.491. The first-order chi connectivity index (χ1) is 14.9. The Hall–Kier alpha value is -3.23. The molecule has 0 heterocycles. The van der Waals surface area contributed by atoms with Gasteiger partial charge in [-0.25, -0.2) is 4.79 Å². The molecule has 0 radical (unpaired) electrons. The maximum atomic E-state index is 12.6. The molecule has 7 nitrogen and oxygen atoms in total. The number of hydrogen-bond donors (Lipinski definition) is 3. The summed E-state index contributed by atoms with van der Waals surface area (Å²) in [7, 11) is 2.93. The smallest absolute Gasteiger partial charge is 0.323 e. The zero-order valence-corrected chi connectivity index (χ0v) is 19.0. The van der Waals surface area contributed by atoms with Gasteiger partial charge in [0.2, 0.25) is 0 Å². The molecule has 0 saturated carbocycles. The summed E-state index contributed by atoms with van der Waals surface area (Å²) in [6.45, 7) is 0. The van der Waals surface area contributed by atoms with E-state index in [9.17, 15) is 9.59 Å². The van der Waals surface area contributed by atoms with Crippen molar-refractivity contribution in [3.8, 4) is 11.5 Å². The summed E-state index contributed by atoms with van der Waals surface area (Å²) in [4.78, 5) is 25.0. The Balaban J connectivity index is 1.80. The summed E-state index contributed by atoms with van der Waals surface area (Å²) in [6.07, 6.45) is 0. The Bertz CT molecular complexity index is 1110. The molecule has 0 aliphatic heterocycles. The Kier molecular flexibility index (Phi) is 7.38. The number of hydrogen-bond acceptors (Lipinski definition) is 4. The van der Waals surface area contributed by atoms with Crippen molar-refractivity contribution in [2.45, 2.75) is 0 Å². The van der Waals surface area contributed by atoms with Crippen molar-refractivity contribution < 1.29 is 19.1 Å². The average molecular weight is 505 g/mol. The SMILES string of the molecule is COc1cc(NC(=O)c2ccc(Br)cc2)c(OC)cc1NC(=O)Nc1cccc(Cl)c1. The molecule has 0 saturated heterocycles. The molecule has 3 aromatic carbocycles. The van der Waals surface area contributed by atoms with Crippen molar-refractivity contribution in [1.29, 1.82) is 0 Å². The summed E-state index contributed by atoms with van der Waals surface area (Å²) in [5, 5.41) is 8.69. The van der Waals surface area contributed by atoms with Gasteiger partial charge in [-0.2, -0.15) is 0 Å². The van der Waals surface area contributed by atoms with Crippen LogP contribution in [0.25, 0.3) is 0 Å². The third-order valence-corrected chi connectivity index (χ3v) is 4.97. The summed E-state index contributed by atoms with van der Waals surface area (Å²) in [5.41, 5.74) is 1.77. The van der Waals surface area contributed by atoms with Gasteiger partial charge in [0.1, 0.15) is 11.5 Å². The van der Waals surface area contributed by atoms with Crippen molar-refractivity contribution >= 4 is 56.5 Å². The van der Waals surface area contributed by atoms with Crippen molar-refractivity contribution in [2.24, 2.45) is 0 Å². The first-order valence-corrected chi connectivity index (χ1v) is 10.2. The molecule has 0 aromatic heterocycles. The molecule has 0 aliphatic carbocycles. The number of amides is 3. The summed E-state index contributed by atoms with van der Waals surface area (Å²) >= 11 is 9.28. The summed E-state index contributed by atoms with van der Waals surface area (Å²) < 4.78 is 11.6. The minimum Gasteiger partial charge on any atom is -0.494 e. The van der Waals surface area contributed by atoms with E-state index in [-0.39, 0.29) is 5.91 Å². The maximum Gasteiger partial charge on any atom is 0.323 e. The lowest BCUT2D eigenvalue weighted by Crippen LogP contribution is -2.20.